The van der Waals surface area contributed by atoms with E-state index in [1.54, 1.807) is 20.8 Å². The molecular weight excluding hydrogens is 295 g/mol. The van der Waals surface area contributed by atoms with Crippen molar-refractivity contribution in [2.24, 2.45) is 0 Å². The van der Waals surface area contributed by atoms with Gasteiger partial charge in [0.1, 0.15) is 5.60 Å². The summed E-state index contributed by atoms with van der Waals surface area (Å²) >= 11 is 0. The predicted octanol–water partition coefficient (Wildman–Crippen LogP) is 2.64. The summed E-state index contributed by atoms with van der Waals surface area (Å²) in [5.74, 6) is 0. The largest absolute Gasteiger partial charge is 0.513 e. The second kappa shape index (κ2) is 5.70. The van der Waals surface area contributed by atoms with Crippen molar-refractivity contribution >= 4 is 13.2 Å². The van der Waals surface area contributed by atoms with Crippen LogP contribution in [0.2, 0.25) is 0 Å². The Morgan fingerprint density at radius 3 is 2.26 bits per heavy atom. The third-order valence-corrected chi connectivity index (χ3v) is 4.07. The van der Waals surface area contributed by atoms with Gasteiger partial charge in [0.2, 0.25) is 0 Å². The molecule has 0 bridgehead atoms. The Morgan fingerprint density at radius 2 is 1.78 bits per heavy atom. The quantitative estimate of drug-likeness (QED) is 0.693. The molecule has 2 aliphatic heterocycles. The van der Waals surface area contributed by atoms with Crippen molar-refractivity contribution < 1.29 is 24.3 Å². The molecule has 0 spiro atoms. The number of carbonyl (C=O) groups is 1. The molecule has 0 aromatic rings. The molecule has 1 fully saturated rings. The van der Waals surface area contributed by atoms with Gasteiger partial charge in [-0.25, -0.2) is 4.79 Å². The van der Waals surface area contributed by atoms with Crippen LogP contribution < -0.4 is 0 Å². The molecule has 6 nitrogen and oxygen atoms in total. The highest BCUT2D eigenvalue weighted by Crippen LogP contribution is 2.39. The number of nitrogens with zero attached hydrogens (tertiary/aromatic N) is 2. The Hall–Kier alpha value is -1.21. The number of amides is 1. The Labute approximate surface area is 145 Å². The molecule has 0 atom stereocenters. The van der Waals surface area contributed by atoms with Gasteiger partial charge in [0.15, 0.2) is 0 Å². The lowest BCUT2D eigenvalue weighted by atomic mass is 9.83. The Balaban J connectivity index is 2.49. The van der Waals surface area contributed by atoms with E-state index in [-0.39, 0.29) is 5.60 Å². The Morgan fingerprint density at radius 1 is 1.26 bits per heavy atom. The van der Waals surface area contributed by atoms with Crippen LogP contribution in [0.5, 0.6) is 0 Å². The second-order valence-electron chi connectivity index (χ2n) is 7.78. The van der Waals surface area contributed by atoms with E-state index >= 15 is 0 Å². The number of carbonyl (C=O) groups excluding carboxylic acids is 1. The molecule has 2 aliphatic rings. The number of likely N-dealkylation sites (N-methyl/N-ethyl adjacent to an activating group) is 1. The first kappa shape index (κ1) is 13.1. The van der Waals surface area contributed by atoms with Crippen LogP contribution in [0.3, 0.4) is 0 Å². The topological polar surface area (TPSA) is 51.2 Å². The third kappa shape index (κ3) is 3.83. The van der Waals surface area contributed by atoms with Crippen molar-refractivity contribution in [1.29, 1.82) is 0 Å². The molecule has 1 amide bonds. The monoisotopic (exact) mass is 328 g/mol. The van der Waals surface area contributed by atoms with Gasteiger partial charge in [-0.1, -0.05) is 0 Å². The van der Waals surface area contributed by atoms with Gasteiger partial charge < -0.3 is 18.9 Å². The van der Waals surface area contributed by atoms with Crippen molar-refractivity contribution in [3.05, 3.63) is 11.8 Å². The van der Waals surface area contributed by atoms with E-state index < -0.39 is 43.0 Å². The number of hydrogen-bond acceptors (Lipinski definition) is 5. The highest BCUT2D eigenvalue weighted by Gasteiger charge is 2.53. The number of hydrogen-bond donors (Lipinski definition) is 0. The molecule has 2 heterocycles. The van der Waals surface area contributed by atoms with Gasteiger partial charge >= 0.3 is 13.2 Å². The standard InChI is InChI=1S/C16H29BN2O4/c1-14(2,3)21-13(20)19-10-9-18(8)12(11-19)17-22-15(4,5)16(6,7)23-17/h11H,9-10H2,1-8H3/i9D2,10D2. The molecule has 130 valence electrons. The summed E-state index contributed by atoms with van der Waals surface area (Å²) in [5.41, 5.74) is -2.00. The van der Waals surface area contributed by atoms with Crippen LogP contribution in [0.4, 0.5) is 4.79 Å². The fourth-order valence-electron chi connectivity index (χ4n) is 2.04. The summed E-state index contributed by atoms with van der Waals surface area (Å²) in [4.78, 5) is 14.3. The van der Waals surface area contributed by atoms with E-state index in [1.807, 2.05) is 27.7 Å². The zero-order valence-electron chi connectivity index (χ0n) is 19.2. The zero-order valence-corrected chi connectivity index (χ0v) is 15.2. The van der Waals surface area contributed by atoms with Gasteiger partial charge in [-0.3, -0.25) is 4.90 Å². The fourth-order valence-corrected chi connectivity index (χ4v) is 2.04. The van der Waals surface area contributed by atoms with Crippen molar-refractivity contribution in [3.8, 4) is 0 Å². The van der Waals surface area contributed by atoms with Crippen LogP contribution in [0.1, 0.15) is 53.9 Å². The van der Waals surface area contributed by atoms with E-state index in [0.717, 1.165) is 4.90 Å². The maximum atomic E-state index is 12.6. The van der Waals surface area contributed by atoms with E-state index in [2.05, 4.69) is 0 Å². The zero-order chi connectivity index (χ0) is 21.2. The fraction of sp³-hybridized carbons (Fsp3) is 0.812. The van der Waals surface area contributed by atoms with Crippen LogP contribution in [0.15, 0.2) is 11.8 Å². The van der Waals surface area contributed by atoms with E-state index in [1.165, 1.54) is 13.2 Å². The van der Waals surface area contributed by atoms with E-state index in [0.29, 0.717) is 4.90 Å². The molecule has 0 saturated carbocycles. The normalized spacial score (nSPS) is 30.8. The maximum absolute atomic E-state index is 12.6. The molecule has 23 heavy (non-hydrogen) atoms. The summed E-state index contributed by atoms with van der Waals surface area (Å²) in [6.07, 6.45) is 0.218. The van der Waals surface area contributed by atoms with Crippen molar-refractivity contribution in [2.45, 2.75) is 65.3 Å². The molecule has 0 radical (unpaired) electrons. The highest BCUT2D eigenvalue weighted by molar-refractivity contribution is 6.54. The summed E-state index contributed by atoms with van der Waals surface area (Å²) in [6.45, 7) is 7.19. The van der Waals surface area contributed by atoms with Gasteiger partial charge in [-0.05, 0) is 48.5 Å². The van der Waals surface area contributed by atoms with Crippen LogP contribution in [-0.2, 0) is 14.0 Å². The third-order valence-electron chi connectivity index (χ3n) is 4.07. The lowest BCUT2D eigenvalue weighted by Crippen LogP contribution is -2.45. The molecular formula is C16H29BN2O4. The Kier molecular flexibility index (Phi) is 3.26. The minimum absolute atomic E-state index is 0.194. The average molecular weight is 328 g/mol. The van der Waals surface area contributed by atoms with Crippen LogP contribution in [0.25, 0.3) is 0 Å². The van der Waals surface area contributed by atoms with E-state index in [9.17, 15) is 4.79 Å². The minimum Gasteiger partial charge on any atom is -0.443 e. The molecule has 0 unspecified atom stereocenters. The Bertz CT molecular complexity index is 645. The first-order valence-corrected chi connectivity index (χ1v) is 7.67. The van der Waals surface area contributed by atoms with Gasteiger partial charge in [-0.15, -0.1) is 0 Å². The van der Waals surface area contributed by atoms with Crippen LogP contribution >= 0.6 is 0 Å². The predicted molar refractivity (Wildman–Crippen MR) is 89.7 cm³/mol. The SMILES string of the molecule is [2H]C1([2H])N(C)C(B2OC(C)(C)C(C)(C)O2)=CN(C(=O)OC(C)(C)C)C1([2H])[2H]. The van der Waals surface area contributed by atoms with Gasteiger partial charge in [0, 0.05) is 26.2 Å². The summed E-state index contributed by atoms with van der Waals surface area (Å²) in [5, 5.41) is 0. The summed E-state index contributed by atoms with van der Waals surface area (Å²) < 4.78 is 50.2. The van der Waals surface area contributed by atoms with Crippen molar-refractivity contribution in [3.63, 3.8) is 0 Å². The molecule has 7 heteroatoms. The molecule has 1 saturated heterocycles. The molecule has 0 aromatic carbocycles. The summed E-state index contributed by atoms with van der Waals surface area (Å²) in [6, 6.07) is 0. The van der Waals surface area contributed by atoms with Crippen molar-refractivity contribution in [1.82, 2.24) is 9.80 Å². The lowest BCUT2D eigenvalue weighted by molar-refractivity contribution is 0.00578. The van der Waals surface area contributed by atoms with Gasteiger partial charge in [-0.2, -0.15) is 0 Å². The molecule has 0 aromatic heterocycles. The average Bonchev–Trinajstić information content (AvgIpc) is 2.63. The lowest BCUT2D eigenvalue weighted by Gasteiger charge is -2.34. The molecule has 0 aliphatic carbocycles. The number of ether oxygens (including phenoxy) is 1. The smallest absolute Gasteiger partial charge is 0.443 e. The minimum atomic E-state index is -2.67. The van der Waals surface area contributed by atoms with E-state index in [4.69, 9.17) is 19.5 Å². The highest BCUT2D eigenvalue weighted by atomic mass is 16.7. The van der Waals surface area contributed by atoms with Crippen molar-refractivity contribution in [2.75, 3.05) is 20.0 Å². The molecule has 0 N–H and O–H groups in total. The number of rotatable bonds is 1. The molecule has 2 rings (SSSR count). The van der Waals surface area contributed by atoms with Gasteiger partial charge in [0.05, 0.1) is 22.3 Å². The second-order valence-corrected chi connectivity index (χ2v) is 7.78. The summed E-state index contributed by atoms with van der Waals surface area (Å²) in [7, 11) is 0.442. The first-order chi connectivity index (χ1) is 11.8. The maximum Gasteiger partial charge on any atom is 0.513 e. The van der Waals surface area contributed by atoms with Crippen LogP contribution in [-0.4, -0.2) is 59.9 Å². The first-order valence-electron chi connectivity index (χ1n) is 9.67. The van der Waals surface area contributed by atoms with Gasteiger partial charge in [0.25, 0.3) is 0 Å². The van der Waals surface area contributed by atoms with Crippen LogP contribution in [0, 0.1) is 0 Å².